The molecule has 0 heterocycles. The quantitative estimate of drug-likeness (QED) is 0.571. The van der Waals surface area contributed by atoms with E-state index in [1.165, 1.54) is 18.2 Å². The molecule has 0 aliphatic carbocycles. The van der Waals surface area contributed by atoms with Crippen molar-refractivity contribution in [1.82, 2.24) is 16.2 Å². The molecule has 3 amide bonds. The Kier molecular flexibility index (Phi) is 6.00. The SMILES string of the molecule is C=CC(=O)NCc1ccc(C(=O)NNC(=O)c2ccc(F)cc2)cc1. The fourth-order valence-electron chi connectivity index (χ4n) is 1.89. The van der Waals surface area contributed by atoms with Crippen molar-refractivity contribution in [2.24, 2.45) is 0 Å². The average molecular weight is 341 g/mol. The van der Waals surface area contributed by atoms with E-state index in [2.05, 4.69) is 22.7 Å². The van der Waals surface area contributed by atoms with Crippen LogP contribution in [0.1, 0.15) is 26.3 Å². The van der Waals surface area contributed by atoms with E-state index in [-0.39, 0.29) is 11.5 Å². The van der Waals surface area contributed by atoms with Crippen LogP contribution in [-0.2, 0) is 11.3 Å². The highest BCUT2D eigenvalue weighted by atomic mass is 19.1. The summed E-state index contributed by atoms with van der Waals surface area (Å²) in [5, 5.41) is 2.62. The van der Waals surface area contributed by atoms with Crippen molar-refractivity contribution in [3.05, 3.63) is 83.7 Å². The summed E-state index contributed by atoms with van der Waals surface area (Å²) in [5.74, 6) is -1.80. The van der Waals surface area contributed by atoms with E-state index >= 15 is 0 Å². The van der Waals surface area contributed by atoms with Gasteiger partial charge in [-0.15, -0.1) is 0 Å². The Labute approximate surface area is 143 Å². The van der Waals surface area contributed by atoms with Crippen LogP contribution in [0.2, 0.25) is 0 Å². The molecule has 0 aromatic heterocycles. The monoisotopic (exact) mass is 341 g/mol. The first-order valence-electron chi connectivity index (χ1n) is 7.35. The molecule has 0 saturated heterocycles. The molecule has 25 heavy (non-hydrogen) atoms. The third-order valence-electron chi connectivity index (χ3n) is 3.26. The van der Waals surface area contributed by atoms with Gasteiger partial charge < -0.3 is 5.32 Å². The van der Waals surface area contributed by atoms with Gasteiger partial charge in [-0.1, -0.05) is 18.7 Å². The average Bonchev–Trinajstić information content (AvgIpc) is 2.64. The number of hydrazine groups is 1. The van der Waals surface area contributed by atoms with Crippen LogP contribution in [0.3, 0.4) is 0 Å². The Balaban J connectivity index is 1.88. The van der Waals surface area contributed by atoms with Crippen molar-refractivity contribution < 1.29 is 18.8 Å². The van der Waals surface area contributed by atoms with Gasteiger partial charge in [-0.2, -0.15) is 0 Å². The molecule has 2 aromatic rings. The fourth-order valence-corrected chi connectivity index (χ4v) is 1.89. The summed E-state index contributed by atoms with van der Waals surface area (Å²) in [5.41, 5.74) is 5.88. The van der Waals surface area contributed by atoms with Crippen molar-refractivity contribution in [2.75, 3.05) is 0 Å². The summed E-state index contributed by atoms with van der Waals surface area (Å²) < 4.78 is 12.8. The number of carbonyl (C=O) groups excluding carboxylic acids is 3. The molecular weight excluding hydrogens is 325 g/mol. The van der Waals surface area contributed by atoms with Gasteiger partial charge in [0.15, 0.2) is 0 Å². The first kappa shape index (κ1) is 17.9. The summed E-state index contributed by atoms with van der Waals surface area (Å²) >= 11 is 0. The number of hydrogen-bond acceptors (Lipinski definition) is 3. The van der Waals surface area contributed by atoms with Gasteiger partial charge >= 0.3 is 0 Å². The zero-order valence-corrected chi connectivity index (χ0v) is 13.2. The molecule has 128 valence electrons. The summed E-state index contributed by atoms with van der Waals surface area (Å²) in [6.07, 6.45) is 1.17. The van der Waals surface area contributed by atoms with Crippen LogP contribution < -0.4 is 16.2 Å². The molecule has 0 fully saturated rings. The van der Waals surface area contributed by atoms with Crippen molar-refractivity contribution in [2.45, 2.75) is 6.54 Å². The second kappa shape index (κ2) is 8.39. The predicted molar refractivity (Wildman–Crippen MR) is 89.8 cm³/mol. The lowest BCUT2D eigenvalue weighted by Crippen LogP contribution is -2.41. The molecule has 2 aromatic carbocycles. The Morgan fingerprint density at radius 1 is 0.880 bits per heavy atom. The minimum Gasteiger partial charge on any atom is -0.348 e. The summed E-state index contributed by atoms with van der Waals surface area (Å²) in [7, 11) is 0. The maximum Gasteiger partial charge on any atom is 0.269 e. The van der Waals surface area contributed by atoms with Crippen molar-refractivity contribution in [3.8, 4) is 0 Å². The van der Waals surface area contributed by atoms with Gasteiger partial charge in [0.05, 0.1) is 0 Å². The summed E-state index contributed by atoms with van der Waals surface area (Å²) in [6.45, 7) is 3.67. The molecule has 2 rings (SSSR count). The fraction of sp³-hybridized carbons (Fsp3) is 0.0556. The first-order valence-corrected chi connectivity index (χ1v) is 7.35. The van der Waals surface area contributed by atoms with Crippen LogP contribution in [-0.4, -0.2) is 17.7 Å². The van der Waals surface area contributed by atoms with Crippen molar-refractivity contribution >= 4 is 17.7 Å². The van der Waals surface area contributed by atoms with Crippen LogP contribution in [0.15, 0.2) is 61.2 Å². The highest BCUT2D eigenvalue weighted by Crippen LogP contribution is 2.05. The highest BCUT2D eigenvalue weighted by molar-refractivity contribution is 5.99. The molecule has 7 heteroatoms. The summed E-state index contributed by atoms with van der Waals surface area (Å²) in [4.78, 5) is 34.9. The van der Waals surface area contributed by atoms with Gasteiger partial charge in [-0.3, -0.25) is 25.2 Å². The number of nitrogens with one attached hydrogen (secondary N) is 3. The van der Waals surface area contributed by atoms with E-state index in [1.807, 2.05) is 0 Å². The van der Waals surface area contributed by atoms with Crippen LogP contribution >= 0.6 is 0 Å². The Hall–Kier alpha value is -3.48. The summed E-state index contributed by atoms with van der Waals surface area (Å²) in [6, 6.07) is 11.4. The molecule has 0 aliphatic heterocycles. The van der Waals surface area contributed by atoms with Crippen molar-refractivity contribution in [1.29, 1.82) is 0 Å². The number of amides is 3. The zero-order valence-electron chi connectivity index (χ0n) is 13.2. The molecule has 0 saturated carbocycles. The second-order valence-corrected chi connectivity index (χ2v) is 5.03. The third-order valence-corrected chi connectivity index (χ3v) is 3.26. The van der Waals surface area contributed by atoms with Gasteiger partial charge in [0, 0.05) is 17.7 Å². The topological polar surface area (TPSA) is 87.3 Å². The molecule has 0 atom stereocenters. The normalized spacial score (nSPS) is 9.80. The number of halogens is 1. The van der Waals surface area contributed by atoms with E-state index < -0.39 is 17.6 Å². The van der Waals surface area contributed by atoms with Crippen molar-refractivity contribution in [3.63, 3.8) is 0 Å². The maximum absolute atomic E-state index is 12.8. The minimum atomic E-state index is -0.558. The highest BCUT2D eigenvalue weighted by Gasteiger charge is 2.09. The van der Waals surface area contributed by atoms with Gasteiger partial charge in [0.25, 0.3) is 11.8 Å². The maximum atomic E-state index is 12.8. The largest absolute Gasteiger partial charge is 0.348 e. The number of benzene rings is 2. The van der Waals surface area contributed by atoms with E-state index in [9.17, 15) is 18.8 Å². The second-order valence-electron chi connectivity index (χ2n) is 5.03. The molecule has 6 nitrogen and oxygen atoms in total. The van der Waals surface area contributed by atoms with Gasteiger partial charge in [0.1, 0.15) is 5.82 Å². The Morgan fingerprint density at radius 3 is 1.84 bits per heavy atom. The molecule has 0 unspecified atom stereocenters. The van der Waals surface area contributed by atoms with Crippen LogP contribution in [0.25, 0.3) is 0 Å². The Morgan fingerprint density at radius 2 is 1.36 bits per heavy atom. The van der Waals surface area contributed by atoms with E-state index in [4.69, 9.17) is 0 Å². The van der Waals surface area contributed by atoms with E-state index in [0.29, 0.717) is 12.1 Å². The lowest BCUT2D eigenvalue weighted by molar-refractivity contribution is -0.116. The Bertz CT molecular complexity index is 786. The minimum absolute atomic E-state index is 0.218. The van der Waals surface area contributed by atoms with E-state index in [0.717, 1.165) is 17.7 Å². The zero-order chi connectivity index (χ0) is 18.2. The molecule has 0 radical (unpaired) electrons. The number of hydrogen-bond donors (Lipinski definition) is 3. The molecule has 0 aliphatic rings. The molecule has 0 bridgehead atoms. The first-order chi connectivity index (χ1) is 12.0. The van der Waals surface area contributed by atoms with Crippen LogP contribution in [0, 0.1) is 5.82 Å². The smallest absolute Gasteiger partial charge is 0.269 e. The lowest BCUT2D eigenvalue weighted by atomic mass is 10.1. The predicted octanol–water partition coefficient (Wildman–Crippen LogP) is 1.70. The standard InChI is InChI=1S/C18H16FN3O3/c1-2-16(23)20-11-12-3-5-13(6-4-12)17(24)21-22-18(25)14-7-9-15(19)10-8-14/h2-10H,1,11H2,(H,20,23)(H,21,24)(H,22,25). The number of rotatable bonds is 5. The lowest BCUT2D eigenvalue weighted by Gasteiger charge is -2.08. The molecule has 0 spiro atoms. The third kappa shape index (κ3) is 5.28. The van der Waals surface area contributed by atoms with E-state index in [1.54, 1.807) is 24.3 Å². The number of carbonyl (C=O) groups is 3. The molecule has 3 N–H and O–H groups in total. The van der Waals surface area contributed by atoms with Gasteiger partial charge in [0.2, 0.25) is 5.91 Å². The molecular formula is C18H16FN3O3. The van der Waals surface area contributed by atoms with Gasteiger partial charge in [-0.25, -0.2) is 4.39 Å². The van der Waals surface area contributed by atoms with Gasteiger partial charge in [-0.05, 0) is 48.0 Å². The van der Waals surface area contributed by atoms with Crippen LogP contribution in [0.5, 0.6) is 0 Å². The van der Waals surface area contributed by atoms with Crippen LogP contribution in [0.4, 0.5) is 4.39 Å².